The van der Waals surface area contributed by atoms with E-state index in [1.165, 1.54) is 0 Å². The minimum absolute atomic E-state index is 0.128. The summed E-state index contributed by atoms with van der Waals surface area (Å²) in [5, 5.41) is 11.1. The second-order valence-corrected chi connectivity index (χ2v) is 10.9. The zero-order valence-corrected chi connectivity index (χ0v) is 24.3. The standard InChI is InChI=1S/C32H39N5O4/c1-21-17-28(40-4)26(18-33-21)19-34-31(38)29-23(3)30(37-27(29)11-8-14-35-37)22(2)25-12-15-36(16-13-25)32(39)41-20-24-9-6-5-7-10-24/h5-11,14,17,22,25,33H,12-13,15-16,18-20H2,1-4H3,(H,34,38). The molecule has 2 N–H and O–H groups in total. The van der Waals surface area contributed by atoms with E-state index in [2.05, 4.69) is 22.7 Å². The number of nitrogens with one attached hydrogen (secondary N) is 2. The summed E-state index contributed by atoms with van der Waals surface area (Å²) < 4.78 is 13.0. The highest BCUT2D eigenvalue weighted by atomic mass is 16.6. The smallest absolute Gasteiger partial charge is 0.410 e. The Morgan fingerprint density at radius 2 is 1.88 bits per heavy atom. The molecule has 4 heterocycles. The van der Waals surface area contributed by atoms with Gasteiger partial charge >= 0.3 is 6.09 Å². The van der Waals surface area contributed by atoms with Gasteiger partial charge in [0.25, 0.3) is 5.91 Å². The molecule has 216 valence electrons. The van der Waals surface area contributed by atoms with Gasteiger partial charge in [0, 0.05) is 55.3 Å². The van der Waals surface area contributed by atoms with E-state index in [4.69, 9.17) is 9.47 Å². The molecule has 0 spiro atoms. The van der Waals surface area contributed by atoms with Gasteiger partial charge in [-0.1, -0.05) is 37.3 Å². The van der Waals surface area contributed by atoms with Gasteiger partial charge in [-0.05, 0) is 61.9 Å². The fraction of sp³-hybridized carbons (Fsp3) is 0.406. The Labute approximate surface area is 241 Å². The van der Waals surface area contributed by atoms with Crippen molar-refractivity contribution in [3.05, 3.63) is 94.2 Å². The van der Waals surface area contributed by atoms with Gasteiger partial charge in [0.1, 0.15) is 12.4 Å². The van der Waals surface area contributed by atoms with Crippen molar-refractivity contribution in [2.45, 2.75) is 46.1 Å². The summed E-state index contributed by atoms with van der Waals surface area (Å²) >= 11 is 0. The van der Waals surface area contributed by atoms with Crippen LogP contribution in [0.25, 0.3) is 5.52 Å². The van der Waals surface area contributed by atoms with E-state index < -0.39 is 0 Å². The predicted octanol–water partition coefficient (Wildman–Crippen LogP) is 4.93. The fourth-order valence-corrected chi connectivity index (χ4v) is 5.98. The third kappa shape index (κ3) is 6.09. The lowest BCUT2D eigenvalue weighted by molar-refractivity contribution is 0.0799. The number of likely N-dealkylation sites (tertiary alicyclic amines) is 1. The number of hydrogen-bond donors (Lipinski definition) is 2. The van der Waals surface area contributed by atoms with Crippen molar-refractivity contribution >= 4 is 17.5 Å². The predicted molar refractivity (Wildman–Crippen MR) is 157 cm³/mol. The largest absolute Gasteiger partial charge is 0.497 e. The van der Waals surface area contributed by atoms with Gasteiger partial charge in [-0.2, -0.15) is 5.10 Å². The Morgan fingerprint density at radius 3 is 2.61 bits per heavy atom. The third-order valence-electron chi connectivity index (χ3n) is 8.32. The maximum atomic E-state index is 13.6. The molecule has 1 saturated heterocycles. The first-order valence-electron chi connectivity index (χ1n) is 14.3. The first-order valence-corrected chi connectivity index (χ1v) is 14.3. The van der Waals surface area contributed by atoms with Crippen LogP contribution in [0.2, 0.25) is 0 Å². The number of methoxy groups -OCH3 is 1. The number of allylic oxidation sites excluding steroid dienone is 2. The lowest BCUT2D eigenvalue weighted by atomic mass is 9.82. The average molecular weight is 558 g/mol. The van der Waals surface area contributed by atoms with E-state index >= 15 is 0 Å². The molecule has 0 radical (unpaired) electrons. The molecule has 0 saturated carbocycles. The lowest BCUT2D eigenvalue weighted by Crippen LogP contribution is -2.40. The normalized spacial score (nSPS) is 16.7. The van der Waals surface area contributed by atoms with Crippen LogP contribution in [0.4, 0.5) is 4.79 Å². The number of amides is 2. The molecule has 0 aliphatic carbocycles. The number of carbonyl (C=O) groups excluding carboxylic acids is 2. The molecule has 9 nitrogen and oxygen atoms in total. The SMILES string of the molecule is COC1=C(CNC(=O)c2c(C)c(C(C)C3CCN(C(=O)OCc4ccccc4)CC3)n3ncccc23)CNC(C)=C1. The van der Waals surface area contributed by atoms with Crippen molar-refractivity contribution in [3.63, 3.8) is 0 Å². The van der Waals surface area contributed by atoms with Gasteiger partial charge in [-0.15, -0.1) is 0 Å². The number of nitrogens with zero attached hydrogens (tertiary/aromatic N) is 3. The fourth-order valence-electron chi connectivity index (χ4n) is 5.98. The Bertz CT molecular complexity index is 1470. The van der Waals surface area contributed by atoms with Gasteiger partial charge in [0.15, 0.2) is 0 Å². The first-order chi connectivity index (χ1) is 19.9. The summed E-state index contributed by atoms with van der Waals surface area (Å²) in [6.07, 6.45) is 5.15. The Hall–Kier alpha value is -4.27. The number of rotatable bonds is 8. The van der Waals surface area contributed by atoms with Crippen LogP contribution >= 0.6 is 0 Å². The summed E-state index contributed by atoms with van der Waals surface area (Å²) in [5.74, 6) is 1.16. The molecule has 2 amide bonds. The highest BCUT2D eigenvalue weighted by Crippen LogP contribution is 2.37. The number of carbonyl (C=O) groups is 2. The molecule has 1 atom stereocenters. The molecular weight excluding hydrogens is 518 g/mol. The van der Waals surface area contributed by atoms with Crippen molar-refractivity contribution < 1.29 is 19.1 Å². The van der Waals surface area contributed by atoms with Crippen molar-refractivity contribution in [2.24, 2.45) is 5.92 Å². The number of fused-ring (bicyclic) bond motifs is 1. The number of dihydropyridines is 1. The maximum absolute atomic E-state index is 13.6. The molecule has 2 aliphatic heterocycles. The summed E-state index contributed by atoms with van der Waals surface area (Å²) in [5.41, 5.74) is 6.44. The molecule has 3 aromatic rings. The van der Waals surface area contributed by atoms with Crippen molar-refractivity contribution in [2.75, 3.05) is 33.3 Å². The maximum Gasteiger partial charge on any atom is 0.410 e. The summed E-state index contributed by atoms with van der Waals surface area (Å²) in [6, 6.07) is 13.5. The van der Waals surface area contributed by atoms with E-state index in [0.717, 1.165) is 52.2 Å². The first kappa shape index (κ1) is 28.3. The van der Waals surface area contributed by atoms with Crippen LogP contribution < -0.4 is 10.6 Å². The molecule has 41 heavy (non-hydrogen) atoms. The van der Waals surface area contributed by atoms with Gasteiger partial charge in [0.05, 0.1) is 18.2 Å². The summed E-state index contributed by atoms with van der Waals surface area (Å²) in [7, 11) is 1.65. The monoisotopic (exact) mass is 557 g/mol. The minimum Gasteiger partial charge on any atom is -0.497 e. The Kier molecular flexibility index (Phi) is 8.61. The van der Waals surface area contributed by atoms with Gasteiger partial charge < -0.3 is 25.0 Å². The van der Waals surface area contributed by atoms with Crippen LogP contribution in [-0.4, -0.2) is 59.8 Å². The highest BCUT2D eigenvalue weighted by Gasteiger charge is 2.32. The second kappa shape index (κ2) is 12.5. The van der Waals surface area contributed by atoms with Crippen molar-refractivity contribution in [3.8, 4) is 0 Å². The molecule has 2 aliphatic rings. The van der Waals surface area contributed by atoms with Crippen LogP contribution in [0.15, 0.2) is 71.8 Å². The van der Waals surface area contributed by atoms with Crippen molar-refractivity contribution in [1.29, 1.82) is 0 Å². The molecule has 5 rings (SSSR count). The van der Waals surface area contributed by atoms with E-state index in [-0.39, 0.29) is 24.5 Å². The van der Waals surface area contributed by atoms with Crippen LogP contribution in [0, 0.1) is 12.8 Å². The van der Waals surface area contributed by atoms with E-state index in [0.29, 0.717) is 37.7 Å². The lowest BCUT2D eigenvalue weighted by Gasteiger charge is -2.34. The molecule has 9 heteroatoms. The highest BCUT2D eigenvalue weighted by molar-refractivity contribution is 6.03. The molecule has 1 unspecified atom stereocenters. The minimum atomic E-state index is -0.268. The average Bonchev–Trinajstić information content (AvgIpc) is 3.30. The van der Waals surface area contributed by atoms with E-state index in [1.807, 2.05) is 66.9 Å². The quantitative estimate of drug-likeness (QED) is 0.408. The number of benzene rings is 1. The van der Waals surface area contributed by atoms with E-state index in [9.17, 15) is 9.59 Å². The second-order valence-electron chi connectivity index (χ2n) is 10.9. The van der Waals surface area contributed by atoms with E-state index in [1.54, 1.807) is 18.2 Å². The topological polar surface area (TPSA) is 97.2 Å². The number of piperidine rings is 1. The van der Waals surface area contributed by atoms with Crippen LogP contribution in [0.3, 0.4) is 0 Å². The molecule has 2 aromatic heterocycles. The van der Waals surface area contributed by atoms with Crippen LogP contribution in [0.1, 0.15) is 59.8 Å². The zero-order chi connectivity index (χ0) is 28.9. The van der Waals surface area contributed by atoms with Gasteiger partial charge in [0.2, 0.25) is 0 Å². The molecule has 0 bridgehead atoms. The summed E-state index contributed by atoms with van der Waals surface area (Å²) in [4.78, 5) is 28.0. The number of aromatic nitrogens is 2. The van der Waals surface area contributed by atoms with Crippen LogP contribution in [-0.2, 0) is 16.1 Å². The number of hydrogen-bond acceptors (Lipinski definition) is 6. The summed E-state index contributed by atoms with van der Waals surface area (Å²) in [6.45, 7) is 8.79. The molecule has 1 aromatic carbocycles. The Balaban J connectivity index is 1.27. The van der Waals surface area contributed by atoms with Crippen LogP contribution in [0.5, 0.6) is 0 Å². The molecule has 1 fully saturated rings. The van der Waals surface area contributed by atoms with Crippen molar-refractivity contribution in [1.82, 2.24) is 25.1 Å². The Morgan fingerprint density at radius 1 is 1.12 bits per heavy atom. The van der Waals surface area contributed by atoms with Gasteiger partial charge in [-0.3, -0.25) is 4.79 Å². The third-order valence-corrected chi connectivity index (χ3v) is 8.32. The number of ether oxygens (including phenoxy) is 2. The van der Waals surface area contributed by atoms with Gasteiger partial charge in [-0.25, -0.2) is 9.31 Å². The molecular formula is C32H39N5O4. The zero-order valence-electron chi connectivity index (χ0n) is 24.3.